The molecule has 0 fully saturated rings. The van der Waals surface area contributed by atoms with Gasteiger partial charge in [0, 0.05) is 27.2 Å². The number of ether oxygens (including phenoxy) is 1. The lowest BCUT2D eigenvalue weighted by atomic mass is 10.2. The van der Waals surface area contributed by atoms with Crippen LogP contribution in [-0.2, 0) is 11.8 Å². The van der Waals surface area contributed by atoms with E-state index >= 15 is 0 Å². The third-order valence-corrected chi connectivity index (χ3v) is 2.69. The van der Waals surface area contributed by atoms with E-state index < -0.39 is 0 Å². The summed E-state index contributed by atoms with van der Waals surface area (Å²) in [5.41, 5.74) is 7.07. The van der Waals surface area contributed by atoms with Crippen LogP contribution in [0.5, 0.6) is 0 Å². The van der Waals surface area contributed by atoms with Gasteiger partial charge in [-0.15, -0.1) is 0 Å². The van der Waals surface area contributed by atoms with Crippen molar-refractivity contribution >= 4 is 11.7 Å². The van der Waals surface area contributed by atoms with E-state index in [1.165, 1.54) is 0 Å². The molecule has 0 aromatic carbocycles. The second kappa shape index (κ2) is 6.25. The summed E-state index contributed by atoms with van der Waals surface area (Å²) in [6, 6.07) is 0. The summed E-state index contributed by atoms with van der Waals surface area (Å²) in [5.74, 6) is 0.876. The van der Waals surface area contributed by atoms with Crippen LogP contribution in [0.25, 0.3) is 0 Å². The molecule has 7 heteroatoms. The molecule has 0 aliphatic rings. The Labute approximate surface area is 107 Å². The van der Waals surface area contributed by atoms with Gasteiger partial charge in [-0.2, -0.15) is 5.10 Å². The zero-order valence-corrected chi connectivity index (χ0v) is 11.3. The first kappa shape index (κ1) is 14.3. The summed E-state index contributed by atoms with van der Waals surface area (Å²) in [4.78, 5) is 1.98. The van der Waals surface area contributed by atoms with Gasteiger partial charge in [-0.05, 0) is 13.8 Å². The highest BCUT2D eigenvalue weighted by Gasteiger charge is 2.20. The molecule has 0 bridgehead atoms. The molecule has 0 amide bonds. The van der Waals surface area contributed by atoms with Crippen LogP contribution in [0.3, 0.4) is 0 Å². The Morgan fingerprint density at radius 3 is 2.83 bits per heavy atom. The molecule has 0 aliphatic carbocycles. The molecule has 0 unspecified atom stereocenters. The first-order chi connectivity index (χ1) is 8.52. The number of hydrogen-bond acceptors (Lipinski definition) is 5. The SMILES string of the molecule is CCOCCN(C)c1c(C(N)=NO)c(C)nn1C. The maximum absolute atomic E-state index is 8.82. The summed E-state index contributed by atoms with van der Waals surface area (Å²) < 4.78 is 7.03. The Morgan fingerprint density at radius 1 is 1.61 bits per heavy atom. The normalized spacial score (nSPS) is 11.9. The van der Waals surface area contributed by atoms with Crippen LogP contribution in [0.2, 0.25) is 0 Å². The molecule has 3 N–H and O–H groups in total. The quantitative estimate of drug-likeness (QED) is 0.251. The average molecular weight is 255 g/mol. The third-order valence-electron chi connectivity index (χ3n) is 2.69. The van der Waals surface area contributed by atoms with E-state index in [2.05, 4.69) is 10.3 Å². The van der Waals surface area contributed by atoms with E-state index in [0.29, 0.717) is 25.3 Å². The van der Waals surface area contributed by atoms with E-state index in [-0.39, 0.29) is 5.84 Å². The van der Waals surface area contributed by atoms with Crippen LogP contribution < -0.4 is 10.6 Å². The molecule has 0 saturated heterocycles. The Hall–Kier alpha value is -1.76. The smallest absolute Gasteiger partial charge is 0.175 e. The second-order valence-electron chi connectivity index (χ2n) is 4.01. The lowest BCUT2D eigenvalue weighted by Crippen LogP contribution is -2.27. The molecule has 7 nitrogen and oxygen atoms in total. The number of anilines is 1. The number of nitrogens with zero attached hydrogens (tertiary/aromatic N) is 4. The van der Waals surface area contributed by atoms with Gasteiger partial charge in [-0.3, -0.25) is 4.68 Å². The van der Waals surface area contributed by atoms with Crippen LogP contribution in [0, 0.1) is 6.92 Å². The Bertz CT molecular complexity index is 427. The average Bonchev–Trinajstić information content (AvgIpc) is 2.63. The summed E-state index contributed by atoms with van der Waals surface area (Å²) in [7, 11) is 3.75. The number of nitrogens with two attached hydrogens (primary N) is 1. The zero-order chi connectivity index (χ0) is 13.7. The van der Waals surface area contributed by atoms with Gasteiger partial charge in [0.15, 0.2) is 5.84 Å². The molecule has 0 radical (unpaired) electrons. The van der Waals surface area contributed by atoms with Crippen molar-refractivity contribution in [3.8, 4) is 0 Å². The van der Waals surface area contributed by atoms with Crippen LogP contribution in [0.4, 0.5) is 5.82 Å². The zero-order valence-electron chi connectivity index (χ0n) is 11.3. The van der Waals surface area contributed by atoms with Crippen molar-refractivity contribution in [2.24, 2.45) is 17.9 Å². The third kappa shape index (κ3) is 2.92. The minimum Gasteiger partial charge on any atom is -0.409 e. The standard InChI is InChI=1S/C11H21N5O2/c1-5-18-7-6-15(3)11-9(10(12)14-17)8(2)13-16(11)4/h17H,5-7H2,1-4H3,(H2,12,14). The van der Waals surface area contributed by atoms with Crippen molar-refractivity contribution in [2.75, 3.05) is 31.7 Å². The van der Waals surface area contributed by atoms with Crippen molar-refractivity contribution in [3.05, 3.63) is 11.3 Å². The molecular weight excluding hydrogens is 234 g/mol. The monoisotopic (exact) mass is 255 g/mol. The molecule has 0 atom stereocenters. The van der Waals surface area contributed by atoms with Crippen LogP contribution in [0.15, 0.2) is 5.16 Å². The van der Waals surface area contributed by atoms with Crippen LogP contribution >= 0.6 is 0 Å². The number of rotatable bonds is 6. The number of amidine groups is 1. The number of hydrogen-bond donors (Lipinski definition) is 2. The number of aromatic nitrogens is 2. The predicted molar refractivity (Wildman–Crippen MR) is 70.2 cm³/mol. The van der Waals surface area contributed by atoms with E-state index in [9.17, 15) is 0 Å². The highest BCUT2D eigenvalue weighted by Crippen LogP contribution is 2.21. The number of aryl methyl sites for hydroxylation is 2. The second-order valence-corrected chi connectivity index (χ2v) is 4.01. The molecule has 1 rings (SSSR count). The topological polar surface area (TPSA) is 88.9 Å². The molecule has 1 aromatic heterocycles. The minimum atomic E-state index is 0.0684. The lowest BCUT2D eigenvalue weighted by molar-refractivity contribution is 0.154. The Balaban J connectivity index is 3.00. The van der Waals surface area contributed by atoms with Crippen LogP contribution in [-0.4, -0.2) is 47.6 Å². The molecule has 102 valence electrons. The summed E-state index contributed by atoms with van der Waals surface area (Å²) >= 11 is 0. The van der Waals surface area contributed by atoms with Crippen molar-refractivity contribution in [1.29, 1.82) is 0 Å². The molecule has 0 aliphatic heterocycles. The van der Waals surface area contributed by atoms with Gasteiger partial charge >= 0.3 is 0 Å². The summed E-state index contributed by atoms with van der Waals surface area (Å²) in [5, 5.41) is 16.2. The fourth-order valence-electron chi connectivity index (χ4n) is 1.89. The molecule has 0 saturated carbocycles. The summed E-state index contributed by atoms with van der Waals surface area (Å²) in [6.07, 6.45) is 0. The van der Waals surface area contributed by atoms with Gasteiger partial charge < -0.3 is 20.6 Å². The van der Waals surface area contributed by atoms with Crippen molar-refractivity contribution in [2.45, 2.75) is 13.8 Å². The van der Waals surface area contributed by atoms with Gasteiger partial charge in [0.05, 0.1) is 17.9 Å². The van der Waals surface area contributed by atoms with Gasteiger partial charge in [-0.1, -0.05) is 5.16 Å². The molecule has 1 aromatic rings. The highest BCUT2D eigenvalue weighted by molar-refractivity contribution is 6.02. The van der Waals surface area contributed by atoms with E-state index in [0.717, 1.165) is 11.5 Å². The maximum Gasteiger partial charge on any atom is 0.175 e. The number of oxime groups is 1. The van der Waals surface area contributed by atoms with Gasteiger partial charge in [0.2, 0.25) is 0 Å². The van der Waals surface area contributed by atoms with Crippen molar-refractivity contribution in [1.82, 2.24) is 9.78 Å². The Kier molecular flexibility index (Phi) is 4.96. The minimum absolute atomic E-state index is 0.0684. The maximum atomic E-state index is 8.82. The van der Waals surface area contributed by atoms with Crippen molar-refractivity contribution < 1.29 is 9.94 Å². The molecule has 0 spiro atoms. The van der Waals surface area contributed by atoms with Crippen LogP contribution in [0.1, 0.15) is 18.2 Å². The Morgan fingerprint density at radius 2 is 2.28 bits per heavy atom. The van der Waals surface area contributed by atoms with E-state index in [1.807, 2.05) is 32.8 Å². The van der Waals surface area contributed by atoms with E-state index in [4.69, 9.17) is 15.7 Å². The first-order valence-electron chi connectivity index (χ1n) is 5.83. The molecular formula is C11H21N5O2. The van der Waals surface area contributed by atoms with Crippen molar-refractivity contribution in [3.63, 3.8) is 0 Å². The predicted octanol–water partition coefficient (Wildman–Crippen LogP) is 0.296. The van der Waals surface area contributed by atoms with E-state index in [1.54, 1.807) is 4.68 Å². The lowest BCUT2D eigenvalue weighted by Gasteiger charge is -2.20. The number of likely N-dealkylation sites (N-methyl/N-ethyl adjacent to an activating group) is 1. The molecule has 1 heterocycles. The molecule has 18 heavy (non-hydrogen) atoms. The van der Waals surface area contributed by atoms with Gasteiger partial charge in [0.1, 0.15) is 5.82 Å². The fourth-order valence-corrected chi connectivity index (χ4v) is 1.89. The van der Waals surface area contributed by atoms with Gasteiger partial charge in [-0.25, -0.2) is 0 Å². The van der Waals surface area contributed by atoms with Gasteiger partial charge in [0.25, 0.3) is 0 Å². The fraction of sp³-hybridized carbons (Fsp3) is 0.636. The summed E-state index contributed by atoms with van der Waals surface area (Å²) in [6.45, 7) is 5.79. The largest absolute Gasteiger partial charge is 0.409 e. The first-order valence-corrected chi connectivity index (χ1v) is 5.83. The highest BCUT2D eigenvalue weighted by atomic mass is 16.5.